The molecule has 0 radical (unpaired) electrons. The van der Waals surface area contributed by atoms with Gasteiger partial charge in [0.05, 0.1) is 5.92 Å². The van der Waals surface area contributed by atoms with Crippen molar-refractivity contribution >= 4 is 5.97 Å². The molecule has 1 rings (SSSR count). The van der Waals surface area contributed by atoms with Crippen LogP contribution in [0, 0.1) is 17.8 Å². The Morgan fingerprint density at radius 2 is 1.90 bits per heavy atom. The average Bonchev–Trinajstić information content (AvgIpc) is 2.67. The summed E-state index contributed by atoms with van der Waals surface area (Å²) in [7, 11) is 0. The highest BCUT2D eigenvalue weighted by Crippen LogP contribution is 2.26. The predicted molar refractivity (Wildman–Crippen MR) is 126 cm³/mol. The van der Waals surface area contributed by atoms with Crippen molar-refractivity contribution in [2.24, 2.45) is 17.8 Å². The summed E-state index contributed by atoms with van der Waals surface area (Å²) in [6.45, 7) is 10.9. The number of carboxylic acid groups (broad SMARTS) is 1. The van der Waals surface area contributed by atoms with E-state index in [9.17, 15) is 4.79 Å². The van der Waals surface area contributed by atoms with Crippen LogP contribution in [0.4, 0.5) is 0 Å². The zero-order chi connectivity index (χ0) is 21.6. The average molecular weight is 401 g/mol. The fraction of sp³-hybridized carbons (Fsp3) is 0.667. The van der Waals surface area contributed by atoms with Crippen molar-refractivity contribution < 1.29 is 9.90 Å². The van der Waals surface area contributed by atoms with E-state index in [-0.39, 0.29) is 5.92 Å². The van der Waals surface area contributed by atoms with E-state index in [0.717, 1.165) is 38.0 Å². The van der Waals surface area contributed by atoms with Gasteiger partial charge in [-0.15, -0.1) is 0 Å². The van der Waals surface area contributed by atoms with Crippen LogP contribution in [0.25, 0.3) is 0 Å². The Morgan fingerprint density at radius 1 is 1.14 bits per heavy atom. The number of carbonyl (C=O) groups is 1. The van der Waals surface area contributed by atoms with E-state index in [1.807, 2.05) is 0 Å². The summed E-state index contributed by atoms with van der Waals surface area (Å²) in [5.41, 5.74) is 4.48. The van der Waals surface area contributed by atoms with Crippen LogP contribution in [-0.4, -0.2) is 11.1 Å². The first-order valence-electron chi connectivity index (χ1n) is 11.7. The van der Waals surface area contributed by atoms with E-state index < -0.39 is 5.97 Å². The Hall–Kier alpha value is -1.57. The van der Waals surface area contributed by atoms with Crippen LogP contribution in [-0.2, 0) is 4.79 Å². The zero-order valence-corrected chi connectivity index (χ0v) is 19.5. The number of aliphatic carboxylic acids is 1. The lowest BCUT2D eigenvalue weighted by atomic mass is 9.88. The molecule has 3 unspecified atom stereocenters. The van der Waals surface area contributed by atoms with Gasteiger partial charge >= 0.3 is 5.97 Å². The third kappa shape index (κ3) is 11.9. The monoisotopic (exact) mass is 400 g/mol. The molecular weight excluding hydrogens is 356 g/mol. The summed E-state index contributed by atoms with van der Waals surface area (Å²) in [6.07, 6.45) is 23.0. The second kappa shape index (κ2) is 14.4. The van der Waals surface area contributed by atoms with E-state index in [0.29, 0.717) is 5.92 Å². The Balaban J connectivity index is 2.09. The molecule has 3 atom stereocenters. The SMILES string of the molecule is CC1=CC=C(C/C=C/CCCC(C)CC/C=C(\C)CCCC(C)C(=O)O)CC1C. The molecule has 0 amide bonds. The Morgan fingerprint density at radius 3 is 2.59 bits per heavy atom. The summed E-state index contributed by atoms with van der Waals surface area (Å²) in [4.78, 5) is 10.8. The van der Waals surface area contributed by atoms with E-state index >= 15 is 0 Å². The molecule has 0 heterocycles. The number of unbranched alkanes of at least 4 members (excludes halogenated alkanes) is 1. The number of hydrogen-bond acceptors (Lipinski definition) is 1. The van der Waals surface area contributed by atoms with Crippen LogP contribution in [0.15, 0.2) is 47.1 Å². The van der Waals surface area contributed by atoms with Crippen molar-refractivity contribution in [1.29, 1.82) is 0 Å². The maximum atomic E-state index is 10.8. The molecule has 0 bridgehead atoms. The fourth-order valence-corrected chi connectivity index (χ4v) is 3.80. The molecule has 29 heavy (non-hydrogen) atoms. The normalized spacial score (nSPS) is 19.8. The van der Waals surface area contributed by atoms with Crippen molar-refractivity contribution in [3.63, 3.8) is 0 Å². The minimum atomic E-state index is -0.678. The third-order valence-electron chi connectivity index (χ3n) is 6.32. The molecule has 0 fully saturated rings. The van der Waals surface area contributed by atoms with E-state index in [1.54, 1.807) is 12.5 Å². The van der Waals surface area contributed by atoms with Crippen molar-refractivity contribution in [2.45, 2.75) is 98.8 Å². The van der Waals surface area contributed by atoms with Gasteiger partial charge in [0.1, 0.15) is 0 Å². The van der Waals surface area contributed by atoms with Crippen LogP contribution >= 0.6 is 0 Å². The number of allylic oxidation sites excluding steroid dienone is 8. The molecule has 0 aliphatic heterocycles. The molecule has 0 aromatic heterocycles. The fourth-order valence-electron chi connectivity index (χ4n) is 3.80. The van der Waals surface area contributed by atoms with Crippen molar-refractivity contribution in [2.75, 3.05) is 0 Å². The molecule has 0 saturated heterocycles. The molecule has 0 spiro atoms. The highest BCUT2D eigenvalue weighted by atomic mass is 16.4. The summed E-state index contributed by atoms with van der Waals surface area (Å²) in [6, 6.07) is 0. The highest BCUT2D eigenvalue weighted by Gasteiger charge is 2.11. The lowest BCUT2D eigenvalue weighted by Gasteiger charge is -2.18. The Bertz CT molecular complexity index is 606. The lowest BCUT2D eigenvalue weighted by molar-refractivity contribution is -0.141. The van der Waals surface area contributed by atoms with Gasteiger partial charge in [-0.3, -0.25) is 4.79 Å². The number of rotatable bonds is 14. The molecule has 1 aliphatic rings. The molecule has 2 nitrogen and oxygen atoms in total. The second-order valence-corrected chi connectivity index (χ2v) is 9.31. The van der Waals surface area contributed by atoms with Gasteiger partial charge in [-0.2, -0.15) is 0 Å². The summed E-state index contributed by atoms with van der Waals surface area (Å²) >= 11 is 0. The van der Waals surface area contributed by atoms with E-state index in [1.165, 1.54) is 43.3 Å². The van der Waals surface area contributed by atoms with Gasteiger partial charge in [-0.1, -0.05) is 74.3 Å². The molecule has 0 aromatic carbocycles. The van der Waals surface area contributed by atoms with Gasteiger partial charge in [0.25, 0.3) is 0 Å². The quantitative estimate of drug-likeness (QED) is 0.235. The minimum Gasteiger partial charge on any atom is -0.481 e. The first-order chi connectivity index (χ1) is 13.8. The second-order valence-electron chi connectivity index (χ2n) is 9.31. The van der Waals surface area contributed by atoms with Crippen LogP contribution in [0.1, 0.15) is 98.8 Å². The Labute approximate surface area is 179 Å². The molecule has 0 aromatic rings. The van der Waals surface area contributed by atoms with Crippen molar-refractivity contribution in [3.05, 3.63) is 47.1 Å². The van der Waals surface area contributed by atoms with Crippen molar-refractivity contribution in [1.82, 2.24) is 0 Å². The van der Waals surface area contributed by atoms with E-state index in [2.05, 4.69) is 58.1 Å². The number of carboxylic acids is 1. The van der Waals surface area contributed by atoms with Gasteiger partial charge in [0.15, 0.2) is 0 Å². The van der Waals surface area contributed by atoms with Crippen LogP contribution in [0.5, 0.6) is 0 Å². The maximum Gasteiger partial charge on any atom is 0.306 e. The van der Waals surface area contributed by atoms with Crippen LogP contribution in [0.3, 0.4) is 0 Å². The van der Waals surface area contributed by atoms with Gasteiger partial charge in [-0.25, -0.2) is 0 Å². The van der Waals surface area contributed by atoms with Gasteiger partial charge < -0.3 is 5.11 Å². The zero-order valence-electron chi connectivity index (χ0n) is 19.5. The smallest absolute Gasteiger partial charge is 0.306 e. The molecule has 164 valence electrons. The summed E-state index contributed by atoms with van der Waals surface area (Å²) in [5, 5.41) is 8.92. The van der Waals surface area contributed by atoms with Gasteiger partial charge in [0, 0.05) is 0 Å². The maximum absolute atomic E-state index is 10.8. The largest absolute Gasteiger partial charge is 0.481 e. The molecule has 0 saturated carbocycles. The molecule has 2 heteroatoms. The lowest BCUT2D eigenvalue weighted by Crippen LogP contribution is -2.08. The first kappa shape index (κ1) is 25.5. The highest BCUT2D eigenvalue weighted by molar-refractivity contribution is 5.69. The van der Waals surface area contributed by atoms with Crippen LogP contribution < -0.4 is 0 Å². The van der Waals surface area contributed by atoms with Gasteiger partial charge in [-0.05, 0) is 83.5 Å². The number of hydrogen-bond donors (Lipinski definition) is 1. The Kier molecular flexibility index (Phi) is 12.7. The summed E-state index contributed by atoms with van der Waals surface area (Å²) < 4.78 is 0. The van der Waals surface area contributed by atoms with E-state index in [4.69, 9.17) is 5.11 Å². The van der Waals surface area contributed by atoms with Gasteiger partial charge in [0.2, 0.25) is 0 Å². The topological polar surface area (TPSA) is 37.3 Å². The standard InChI is InChI=1S/C27H44O2/c1-21(13-10-14-22(2)15-11-16-24(4)27(28)29)12-8-6-7-9-17-26-19-18-23(3)25(5)20-26/h7,9,14,18-19,21,24-25H,6,8,10-13,15-17,20H2,1-5H3,(H,28,29)/b9-7+,22-14+. The van der Waals surface area contributed by atoms with Crippen molar-refractivity contribution in [3.8, 4) is 0 Å². The molecule has 1 aliphatic carbocycles. The minimum absolute atomic E-state index is 0.221. The first-order valence-corrected chi connectivity index (χ1v) is 11.7. The molecule has 1 N–H and O–H groups in total. The predicted octanol–water partition coefficient (Wildman–Crippen LogP) is 8.27. The van der Waals surface area contributed by atoms with Crippen LogP contribution in [0.2, 0.25) is 0 Å². The molecular formula is C27H44O2. The third-order valence-corrected chi connectivity index (χ3v) is 6.32. The summed E-state index contributed by atoms with van der Waals surface area (Å²) in [5.74, 6) is 0.578.